The first-order valence-electron chi connectivity index (χ1n) is 7.78. The number of hydrogen-bond donors (Lipinski definition) is 1. The standard InChI is InChI=1S/C18H19N5O/c1-13-8-9-16(14(2)10-13)20-18(24)17(23-12-19-21-22-23)11-15-6-4-3-5-7-15/h3-10,12,17H,11H2,1-2H3,(H,20,24)/t17-/m1/s1. The maximum absolute atomic E-state index is 12.8. The summed E-state index contributed by atoms with van der Waals surface area (Å²) in [5.41, 5.74) is 4.04. The Labute approximate surface area is 140 Å². The summed E-state index contributed by atoms with van der Waals surface area (Å²) in [6, 6.07) is 15.3. The van der Waals surface area contributed by atoms with Crippen LogP contribution < -0.4 is 5.32 Å². The van der Waals surface area contributed by atoms with Gasteiger partial charge in [0, 0.05) is 12.1 Å². The second kappa shape index (κ2) is 7.04. The number of nitrogens with zero attached hydrogens (tertiary/aromatic N) is 4. The predicted octanol–water partition coefficient (Wildman–Crippen LogP) is 2.71. The van der Waals surface area contributed by atoms with Crippen molar-refractivity contribution in [3.63, 3.8) is 0 Å². The molecule has 0 saturated carbocycles. The van der Waals surface area contributed by atoms with E-state index in [1.165, 1.54) is 11.0 Å². The topological polar surface area (TPSA) is 72.7 Å². The van der Waals surface area contributed by atoms with E-state index in [1.807, 2.05) is 62.4 Å². The van der Waals surface area contributed by atoms with E-state index >= 15 is 0 Å². The average molecular weight is 321 g/mol. The number of aryl methyl sites for hydroxylation is 2. The lowest BCUT2D eigenvalue weighted by atomic mass is 10.0. The summed E-state index contributed by atoms with van der Waals surface area (Å²) in [7, 11) is 0. The predicted molar refractivity (Wildman–Crippen MR) is 91.5 cm³/mol. The fraction of sp³-hybridized carbons (Fsp3) is 0.222. The van der Waals surface area contributed by atoms with Crippen molar-refractivity contribution in [3.8, 4) is 0 Å². The highest BCUT2D eigenvalue weighted by Gasteiger charge is 2.22. The zero-order valence-corrected chi connectivity index (χ0v) is 13.7. The van der Waals surface area contributed by atoms with Gasteiger partial charge in [-0.3, -0.25) is 4.79 Å². The van der Waals surface area contributed by atoms with Crippen molar-refractivity contribution >= 4 is 11.6 Å². The molecule has 2 aromatic carbocycles. The Bertz CT molecular complexity index is 815. The van der Waals surface area contributed by atoms with Gasteiger partial charge in [0.2, 0.25) is 5.91 Å². The van der Waals surface area contributed by atoms with E-state index < -0.39 is 6.04 Å². The van der Waals surface area contributed by atoms with Crippen LogP contribution in [0.3, 0.4) is 0 Å². The van der Waals surface area contributed by atoms with E-state index in [0.29, 0.717) is 6.42 Å². The molecule has 24 heavy (non-hydrogen) atoms. The number of benzene rings is 2. The summed E-state index contributed by atoms with van der Waals surface area (Å²) in [4.78, 5) is 12.8. The monoisotopic (exact) mass is 321 g/mol. The molecule has 1 N–H and O–H groups in total. The van der Waals surface area contributed by atoms with Crippen LogP contribution in [0, 0.1) is 13.8 Å². The first-order chi connectivity index (χ1) is 11.6. The van der Waals surface area contributed by atoms with Crippen LogP contribution in [0.25, 0.3) is 0 Å². The highest BCUT2D eigenvalue weighted by atomic mass is 16.2. The smallest absolute Gasteiger partial charge is 0.249 e. The molecule has 0 fully saturated rings. The van der Waals surface area contributed by atoms with Gasteiger partial charge in [0.1, 0.15) is 12.4 Å². The molecule has 0 bridgehead atoms. The number of anilines is 1. The minimum Gasteiger partial charge on any atom is -0.324 e. The number of nitrogens with one attached hydrogen (secondary N) is 1. The maximum atomic E-state index is 12.8. The molecule has 0 unspecified atom stereocenters. The van der Waals surface area contributed by atoms with Gasteiger partial charge in [-0.15, -0.1) is 5.10 Å². The number of amides is 1. The van der Waals surface area contributed by atoms with E-state index in [2.05, 4.69) is 20.8 Å². The van der Waals surface area contributed by atoms with Crippen molar-refractivity contribution in [1.29, 1.82) is 0 Å². The van der Waals surface area contributed by atoms with Gasteiger partial charge in [-0.05, 0) is 41.5 Å². The van der Waals surface area contributed by atoms with E-state index in [4.69, 9.17) is 0 Å². The summed E-state index contributed by atoms with van der Waals surface area (Å²) in [6.45, 7) is 4.00. The zero-order valence-electron chi connectivity index (χ0n) is 13.7. The molecule has 1 aromatic heterocycles. The van der Waals surface area contributed by atoms with Crippen LogP contribution in [-0.2, 0) is 11.2 Å². The van der Waals surface area contributed by atoms with E-state index in [1.54, 1.807) is 0 Å². The second-order valence-corrected chi connectivity index (χ2v) is 5.80. The van der Waals surface area contributed by atoms with Gasteiger partial charge in [-0.25, -0.2) is 4.68 Å². The van der Waals surface area contributed by atoms with E-state index in [-0.39, 0.29) is 5.91 Å². The average Bonchev–Trinajstić information content (AvgIpc) is 3.10. The molecule has 0 radical (unpaired) electrons. The highest BCUT2D eigenvalue weighted by molar-refractivity contribution is 5.94. The third-order valence-electron chi connectivity index (χ3n) is 3.90. The van der Waals surface area contributed by atoms with Crippen molar-refractivity contribution in [1.82, 2.24) is 20.2 Å². The Balaban J connectivity index is 1.83. The molecule has 0 aliphatic heterocycles. The van der Waals surface area contributed by atoms with Crippen LogP contribution in [0.2, 0.25) is 0 Å². The molecule has 0 saturated heterocycles. The van der Waals surface area contributed by atoms with Gasteiger partial charge in [0.25, 0.3) is 0 Å². The summed E-state index contributed by atoms with van der Waals surface area (Å²) in [6.07, 6.45) is 1.98. The van der Waals surface area contributed by atoms with Gasteiger partial charge in [-0.1, -0.05) is 48.0 Å². The fourth-order valence-corrected chi connectivity index (χ4v) is 2.62. The van der Waals surface area contributed by atoms with Crippen LogP contribution in [0.5, 0.6) is 0 Å². The summed E-state index contributed by atoms with van der Waals surface area (Å²) >= 11 is 0. The molecule has 3 aromatic rings. The molecular formula is C18H19N5O. The minimum absolute atomic E-state index is 0.141. The Morgan fingerprint density at radius 1 is 1.17 bits per heavy atom. The fourth-order valence-electron chi connectivity index (χ4n) is 2.62. The van der Waals surface area contributed by atoms with Crippen LogP contribution in [0.15, 0.2) is 54.9 Å². The molecule has 0 aliphatic rings. The number of carbonyl (C=O) groups is 1. The van der Waals surface area contributed by atoms with E-state index in [0.717, 1.165) is 22.4 Å². The summed E-state index contributed by atoms with van der Waals surface area (Å²) in [5.74, 6) is -0.141. The lowest BCUT2D eigenvalue weighted by Crippen LogP contribution is -2.28. The molecule has 1 heterocycles. The molecule has 1 atom stereocenters. The lowest BCUT2D eigenvalue weighted by Gasteiger charge is -2.17. The van der Waals surface area contributed by atoms with Crippen LogP contribution >= 0.6 is 0 Å². The minimum atomic E-state index is -0.511. The Morgan fingerprint density at radius 3 is 2.62 bits per heavy atom. The molecule has 0 aliphatic carbocycles. The first-order valence-corrected chi connectivity index (χ1v) is 7.78. The molecule has 0 spiro atoms. The molecule has 3 rings (SSSR count). The Morgan fingerprint density at radius 2 is 1.96 bits per heavy atom. The SMILES string of the molecule is Cc1ccc(NC(=O)[C@@H](Cc2ccccc2)n2cnnn2)c(C)c1. The van der Waals surface area contributed by atoms with E-state index in [9.17, 15) is 4.79 Å². The lowest BCUT2D eigenvalue weighted by molar-refractivity contribution is -0.119. The summed E-state index contributed by atoms with van der Waals surface area (Å²) in [5, 5.41) is 14.2. The Kier molecular flexibility index (Phi) is 4.65. The maximum Gasteiger partial charge on any atom is 0.249 e. The van der Waals surface area contributed by atoms with Gasteiger partial charge in [0.05, 0.1) is 0 Å². The van der Waals surface area contributed by atoms with Crippen molar-refractivity contribution in [3.05, 3.63) is 71.5 Å². The number of rotatable bonds is 5. The van der Waals surface area contributed by atoms with Crippen molar-refractivity contribution < 1.29 is 4.79 Å². The van der Waals surface area contributed by atoms with Gasteiger partial charge in [0.15, 0.2) is 0 Å². The van der Waals surface area contributed by atoms with Crippen LogP contribution in [0.1, 0.15) is 22.7 Å². The third-order valence-corrected chi connectivity index (χ3v) is 3.90. The normalized spacial score (nSPS) is 11.9. The molecule has 6 nitrogen and oxygen atoms in total. The highest BCUT2D eigenvalue weighted by Crippen LogP contribution is 2.20. The quantitative estimate of drug-likeness (QED) is 0.784. The largest absolute Gasteiger partial charge is 0.324 e. The molecule has 122 valence electrons. The molecule has 6 heteroatoms. The molecular weight excluding hydrogens is 302 g/mol. The van der Waals surface area contributed by atoms with Gasteiger partial charge >= 0.3 is 0 Å². The number of aromatic nitrogens is 4. The van der Waals surface area contributed by atoms with Crippen LogP contribution in [0.4, 0.5) is 5.69 Å². The number of tetrazole rings is 1. The van der Waals surface area contributed by atoms with Gasteiger partial charge in [-0.2, -0.15) is 0 Å². The number of carbonyl (C=O) groups excluding carboxylic acids is 1. The Hall–Kier alpha value is -3.02. The van der Waals surface area contributed by atoms with Crippen molar-refractivity contribution in [2.75, 3.05) is 5.32 Å². The summed E-state index contributed by atoms with van der Waals surface area (Å²) < 4.78 is 1.49. The zero-order chi connectivity index (χ0) is 16.9. The molecule has 1 amide bonds. The number of hydrogen-bond acceptors (Lipinski definition) is 4. The second-order valence-electron chi connectivity index (χ2n) is 5.80. The van der Waals surface area contributed by atoms with Gasteiger partial charge < -0.3 is 5.32 Å². The van der Waals surface area contributed by atoms with Crippen LogP contribution in [-0.4, -0.2) is 26.1 Å². The third kappa shape index (κ3) is 3.65. The first kappa shape index (κ1) is 15.9. The van der Waals surface area contributed by atoms with Crippen molar-refractivity contribution in [2.24, 2.45) is 0 Å². The van der Waals surface area contributed by atoms with Crippen molar-refractivity contribution in [2.45, 2.75) is 26.3 Å².